The maximum Gasteiger partial charge on any atom is 0.411 e. The van der Waals surface area contributed by atoms with E-state index in [0.29, 0.717) is 16.3 Å². The topological polar surface area (TPSA) is 75.6 Å². The van der Waals surface area contributed by atoms with Crippen LogP contribution in [0.15, 0.2) is 24.3 Å². The Morgan fingerprint density at radius 3 is 2.83 bits per heavy atom. The van der Waals surface area contributed by atoms with Gasteiger partial charge in [0.25, 0.3) is 0 Å². The number of carboxylic acid groups (broad SMARTS) is 1. The number of ether oxygens (including phenoxy) is 1. The summed E-state index contributed by atoms with van der Waals surface area (Å²) in [5.41, 5.74) is 0.910. The van der Waals surface area contributed by atoms with Gasteiger partial charge in [-0.2, -0.15) is 0 Å². The van der Waals surface area contributed by atoms with E-state index in [-0.39, 0.29) is 6.61 Å². The van der Waals surface area contributed by atoms with Crippen molar-refractivity contribution in [3.63, 3.8) is 0 Å². The Bertz CT molecular complexity index is 485. The molecule has 0 atom stereocenters. The number of benzene rings is 1. The molecule has 0 saturated carbocycles. The smallest absolute Gasteiger partial charge is 0.411 e. The van der Waals surface area contributed by atoms with Crippen LogP contribution >= 0.6 is 11.6 Å². The summed E-state index contributed by atoms with van der Waals surface area (Å²) in [6.45, 7) is 1.94. The van der Waals surface area contributed by atoms with E-state index in [0.717, 1.165) is 6.08 Å². The lowest BCUT2D eigenvalue weighted by Crippen LogP contribution is -2.14. The van der Waals surface area contributed by atoms with Gasteiger partial charge in [0.2, 0.25) is 0 Å². The zero-order chi connectivity index (χ0) is 13.5. The Labute approximate surface area is 109 Å². The number of carbonyl (C=O) groups excluding carboxylic acids is 1. The third kappa shape index (κ3) is 4.47. The van der Waals surface area contributed by atoms with Crippen molar-refractivity contribution in [1.82, 2.24) is 0 Å². The third-order valence-electron chi connectivity index (χ3n) is 1.93. The normalized spacial score (nSPS) is 10.3. The van der Waals surface area contributed by atoms with E-state index in [1.54, 1.807) is 25.1 Å². The summed E-state index contributed by atoms with van der Waals surface area (Å²) in [6, 6.07) is 4.70. The predicted molar refractivity (Wildman–Crippen MR) is 68.8 cm³/mol. The zero-order valence-electron chi connectivity index (χ0n) is 9.64. The molecular formula is C12H12ClNO4. The number of amides is 1. The molecule has 0 aliphatic rings. The molecule has 0 saturated heterocycles. The molecule has 1 rings (SSSR count). The highest BCUT2D eigenvalue weighted by Crippen LogP contribution is 2.22. The van der Waals surface area contributed by atoms with Gasteiger partial charge in [0.15, 0.2) is 0 Å². The van der Waals surface area contributed by atoms with E-state index >= 15 is 0 Å². The maximum absolute atomic E-state index is 11.3. The SMILES string of the molecule is CCOC(=O)Nc1ccc(Cl)cc1/C=C/C(=O)O. The molecule has 0 radical (unpaired) electrons. The third-order valence-corrected chi connectivity index (χ3v) is 2.17. The van der Waals surface area contributed by atoms with Crippen molar-refractivity contribution in [2.24, 2.45) is 0 Å². The van der Waals surface area contributed by atoms with Crippen LogP contribution in [0, 0.1) is 0 Å². The van der Waals surface area contributed by atoms with Gasteiger partial charge >= 0.3 is 12.1 Å². The maximum atomic E-state index is 11.3. The Balaban J connectivity index is 2.96. The van der Waals surface area contributed by atoms with E-state index < -0.39 is 12.1 Å². The molecule has 0 aromatic heterocycles. The van der Waals surface area contributed by atoms with Crippen molar-refractivity contribution in [2.45, 2.75) is 6.92 Å². The molecule has 6 heteroatoms. The fourth-order valence-electron chi connectivity index (χ4n) is 1.22. The van der Waals surface area contributed by atoms with Crippen molar-refractivity contribution in [3.05, 3.63) is 34.9 Å². The summed E-state index contributed by atoms with van der Waals surface area (Å²) in [4.78, 5) is 21.7. The highest BCUT2D eigenvalue weighted by molar-refractivity contribution is 6.30. The average molecular weight is 270 g/mol. The van der Waals surface area contributed by atoms with Crippen LogP contribution < -0.4 is 5.32 Å². The van der Waals surface area contributed by atoms with E-state index in [2.05, 4.69) is 5.32 Å². The predicted octanol–water partition coefficient (Wildman–Crippen LogP) is 3.01. The largest absolute Gasteiger partial charge is 0.478 e. The Morgan fingerprint density at radius 1 is 1.50 bits per heavy atom. The molecular weight excluding hydrogens is 258 g/mol. The van der Waals surface area contributed by atoms with Crippen molar-refractivity contribution in [2.75, 3.05) is 11.9 Å². The van der Waals surface area contributed by atoms with Crippen molar-refractivity contribution >= 4 is 35.4 Å². The van der Waals surface area contributed by atoms with E-state index in [9.17, 15) is 9.59 Å². The van der Waals surface area contributed by atoms with Crippen molar-refractivity contribution < 1.29 is 19.4 Å². The fourth-order valence-corrected chi connectivity index (χ4v) is 1.40. The summed E-state index contributed by atoms with van der Waals surface area (Å²) < 4.78 is 4.73. The van der Waals surface area contributed by atoms with Gasteiger partial charge in [-0.1, -0.05) is 11.6 Å². The number of carboxylic acids is 1. The minimum atomic E-state index is -1.09. The molecule has 1 aromatic carbocycles. The molecule has 1 aromatic rings. The van der Waals surface area contributed by atoms with Crippen LogP contribution in [0.2, 0.25) is 5.02 Å². The first-order valence-corrected chi connectivity index (χ1v) is 5.55. The first kappa shape index (κ1) is 14.1. The number of hydrogen-bond donors (Lipinski definition) is 2. The van der Waals surface area contributed by atoms with Gasteiger partial charge in [-0.3, -0.25) is 5.32 Å². The molecule has 1 amide bonds. The van der Waals surface area contributed by atoms with Gasteiger partial charge in [-0.25, -0.2) is 9.59 Å². The lowest BCUT2D eigenvalue weighted by molar-refractivity contribution is -0.131. The second kappa shape index (κ2) is 6.66. The lowest BCUT2D eigenvalue weighted by atomic mass is 10.1. The first-order chi connectivity index (χ1) is 8.52. The molecule has 0 unspecified atom stereocenters. The number of nitrogens with one attached hydrogen (secondary N) is 1. The van der Waals surface area contributed by atoms with Crippen LogP contribution in [-0.4, -0.2) is 23.8 Å². The molecule has 18 heavy (non-hydrogen) atoms. The number of rotatable bonds is 4. The van der Waals surface area contributed by atoms with Gasteiger partial charge in [-0.05, 0) is 36.8 Å². The molecule has 0 aliphatic heterocycles. The highest BCUT2D eigenvalue weighted by atomic mass is 35.5. The quantitative estimate of drug-likeness (QED) is 0.824. The van der Waals surface area contributed by atoms with Gasteiger partial charge in [0.1, 0.15) is 0 Å². The Kier molecular flexibility index (Phi) is 5.20. The number of hydrogen-bond acceptors (Lipinski definition) is 3. The van der Waals surface area contributed by atoms with Crippen LogP contribution in [0.1, 0.15) is 12.5 Å². The summed E-state index contributed by atoms with van der Waals surface area (Å²) in [7, 11) is 0. The second-order valence-corrected chi connectivity index (χ2v) is 3.69. The van der Waals surface area contributed by atoms with Crippen molar-refractivity contribution in [1.29, 1.82) is 0 Å². The van der Waals surface area contributed by atoms with E-state index in [4.69, 9.17) is 21.4 Å². The minimum absolute atomic E-state index is 0.250. The molecule has 0 aliphatic carbocycles. The Morgan fingerprint density at radius 2 is 2.22 bits per heavy atom. The fraction of sp³-hybridized carbons (Fsp3) is 0.167. The number of carbonyl (C=O) groups is 2. The highest BCUT2D eigenvalue weighted by Gasteiger charge is 2.06. The molecule has 0 spiro atoms. The average Bonchev–Trinajstić information content (AvgIpc) is 2.29. The second-order valence-electron chi connectivity index (χ2n) is 3.25. The minimum Gasteiger partial charge on any atom is -0.478 e. The Hall–Kier alpha value is -2.01. The molecule has 0 fully saturated rings. The van der Waals surface area contributed by atoms with Gasteiger partial charge in [-0.15, -0.1) is 0 Å². The zero-order valence-corrected chi connectivity index (χ0v) is 10.4. The molecule has 2 N–H and O–H groups in total. The van der Waals surface area contributed by atoms with Gasteiger partial charge in [0.05, 0.1) is 12.3 Å². The first-order valence-electron chi connectivity index (χ1n) is 5.17. The number of halogens is 1. The van der Waals surface area contributed by atoms with Crippen LogP contribution in [0.5, 0.6) is 0 Å². The van der Waals surface area contributed by atoms with E-state index in [1.807, 2.05) is 0 Å². The monoisotopic (exact) mass is 269 g/mol. The number of anilines is 1. The summed E-state index contributed by atoms with van der Waals surface area (Å²) >= 11 is 5.80. The van der Waals surface area contributed by atoms with Crippen LogP contribution in [0.3, 0.4) is 0 Å². The van der Waals surface area contributed by atoms with Crippen molar-refractivity contribution in [3.8, 4) is 0 Å². The molecule has 5 nitrogen and oxygen atoms in total. The summed E-state index contributed by atoms with van der Waals surface area (Å²) in [5, 5.41) is 11.5. The van der Waals surface area contributed by atoms with Crippen LogP contribution in [-0.2, 0) is 9.53 Å². The van der Waals surface area contributed by atoms with Crippen LogP contribution in [0.25, 0.3) is 6.08 Å². The van der Waals surface area contributed by atoms with Gasteiger partial charge in [0, 0.05) is 11.1 Å². The van der Waals surface area contributed by atoms with Gasteiger partial charge < -0.3 is 9.84 Å². The molecule has 0 heterocycles. The molecule has 96 valence electrons. The standard InChI is InChI=1S/C12H12ClNO4/c1-2-18-12(17)14-10-5-4-9(13)7-8(10)3-6-11(15)16/h3-7H,2H2,1H3,(H,14,17)(H,15,16)/b6-3+. The number of aliphatic carboxylic acids is 1. The lowest BCUT2D eigenvalue weighted by Gasteiger charge is -2.08. The summed E-state index contributed by atoms with van der Waals surface area (Å²) in [5.74, 6) is -1.09. The van der Waals surface area contributed by atoms with Crippen LogP contribution in [0.4, 0.5) is 10.5 Å². The summed E-state index contributed by atoms with van der Waals surface area (Å²) in [6.07, 6.45) is 1.70. The molecule has 0 bridgehead atoms. The van der Waals surface area contributed by atoms with E-state index in [1.165, 1.54) is 6.08 Å².